The van der Waals surface area contributed by atoms with Crippen LogP contribution in [0.25, 0.3) is 0 Å². The first-order valence-electron chi connectivity index (χ1n) is 7.15. The molecule has 0 radical (unpaired) electrons. The topological polar surface area (TPSA) is 29.1 Å². The molecule has 1 fully saturated rings. The predicted octanol–water partition coefficient (Wildman–Crippen LogP) is 3.92. The van der Waals surface area contributed by atoms with Crippen molar-refractivity contribution in [3.8, 4) is 0 Å². The minimum Gasteiger partial charge on any atom is -0.355 e. The van der Waals surface area contributed by atoms with Gasteiger partial charge in [-0.1, -0.05) is 37.6 Å². The van der Waals surface area contributed by atoms with Gasteiger partial charge in [0.05, 0.1) is 0 Å². The molecular formula is C16H22ClNO. The van der Waals surface area contributed by atoms with Crippen LogP contribution in [0.3, 0.4) is 0 Å². The first-order valence-corrected chi connectivity index (χ1v) is 7.53. The largest absolute Gasteiger partial charge is 0.355 e. The Balaban J connectivity index is 1.98. The summed E-state index contributed by atoms with van der Waals surface area (Å²) in [5.41, 5.74) is 1.39. The Hall–Kier alpha value is -1.02. The minimum absolute atomic E-state index is 0.132. The summed E-state index contributed by atoms with van der Waals surface area (Å²) in [6.07, 6.45) is 4.09. The molecule has 0 heterocycles. The summed E-state index contributed by atoms with van der Waals surface area (Å²) in [6, 6.07) is 8.02. The molecule has 1 amide bonds. The van der Waals surface area contributed by atoms with Gasteiger partial charge >= 0.3 is 0 Å². The Kier molecular flexibility index (Phi) is 4.51. The minimum atomic E-state index is 0.132. The molecule has 1 N–H and O–H groups in total. The molecule has 2 nitrogen and oxygen atoms in total. The highest BCUT2D eigenvalue weighted by Gasteiger charge is 2.44. The molecule has 0 unspecified atom stereocenters. The third-order valence-corrected chi connectivity index (χ3v) is 4.48. The smallest absolute Gasteiger partial charge is 0.223 e. The number of benzene rings is 1. The van der Waals surface area contributed by atoms with E-state index in [4.69, 9.17) is 11.6 Å². The Morgan fingerprint density at radius 2 is 2.05 bits per heavy atom. The number of halogens is 1. The molecule has 0 saturated heterocycles. The fourth-order valence-electron chi connectivity index (χ4n) is 2.60. The standard InChI is InChI=1S/C16H22ClNO/c1-3-12(4-2)15(19)18-11-16(8-9-16)13-6-5-7-14(17)10-13/h5-7,10,12H,3-4,8-9,11H2,1-2H3,(H,18,19). The van der Waals surface area contributed by atoms with Crippen LogP contribution in [0.5, 0.6) is 0 Å². The average Bonchev–Trinajstić information content (AvgIpc) is 3.19. The van der Waals surface area contributed by atoms with Crippen molar-refractivity contribution < 1.29 is 4.79 Å². The molecular weight excluding hydrogens is 258 g/mol. The summed E-state index contributed by atoms with van der Waals surface area (Å²) in [4.78, 5) is 12.0. The highest BCUT2D eigenvalue weighted by molar-refractivity contribution is 6.30. The van der Waals surface area contributed by atoms with Crippen molar-refractivity contribution in [2.45, 2.75) is 44.9 Å². The molecule has 0 aromatic heterocycles. The van der Waals surface area contributed by atoms with Crippen molar-refractivity contribution in [2.24, 2.45) is 5.92 Å². The molecule has 3 heteroatoms. The fraction of sp³-hybridized carbons (Fsp3) is 0.562. The monoisotopic (exact) mass is 279 g/mol. The van der Waals surface area contributed by atoms with Gasteiger partial charge in [0.2, 0.25) is 5.91 Å². The zero-order valence-electron chi connectivity index (χ0n) is 11.7. The second-order valence-corrected chi connectivity index (χ2v) is 5.96. The lowest BCUT2D eigenvalue weighted by Gasteiger charge is -2.19. The van der Waals surface area contributed by atoms with Crippen LogP contribution < -0.4 is 5.32 Å². The highest BCUT2D eigenvalue weighted by Crippen LogP contribution is 2.48. The summed E-state index contributed by atoms with van der Waals surface area (Å²) in [5.74, 6) is 0.341. The van der Waals surface area contributed by atoms with Crippen molar-refractivity contribution in [3.63, 3.8) is 0 Å². The van der Waals surface area contributed by atoms with Crippen LogP contribution in [0.15, 0.2) is 24.3 Å². The van der Waals surface area contributed by atoms with Gasteiger partial charge in [-0.3, -0.25) is 4.79 Å². The van der Waals surface area contributed by atoms with Gasteiger partial charge in [-0.2, -0.15) is 0 Å². The van der Waals surface area contributed by atoms with Gasteiger partial charge in [0.25, 0.3) is 0 Å². The Labute approximate surface area is 120 Å². The summed E-state index contributed by atoms with van der Waals surface area (Å²) in [6.45, 7) is 4.87. The molecule has 0 bridgehead atoms. The lowest BCUT2D eigenvalue weighted by molar-refractivity contribution is -0.125. The number of nitrogens with one attached hydrogen (secondary N) is 1. The lowest BCUT2D eigenvalue weighted by atomic mass is 9.95. The molecule has 1 saturated carbocycles. The average molecular weight is 280 g/mol. The Morgan fingerprint density at radius 1 is 1.37 bits per heavy atom. The molecule has 2 rings (SSSR count). The van der Waals surface area contributed by atoms with Crippen molar-refractivity contribution in [1.82, 2.24) is 5.32 Å². The van der Waals surface area contributed by atoms with E-state index in [0.717, 1.165) is 37.3 Å². The maximum Gasteiger partial charge on any atom is 0.223 e. The van der Waals surface area contributed by atoms with Crippen LogP contribution in [-0.2, 0) is 10.2 Å². The number of carbonyl (C=O) groups excluding carboxylic acids is 1. The number of rotatable bonds is 6. The fourth-order valence-corrected chi connectivity index (χ4v) is 2.79. The van der Waals surface area contributed by atoms with Gasteiger partial charge in [0, 0.05) is 22.9 Å². The first kappa shape index (κ1) is 14.4. The van der Waals surface area contributed by atoms with Gasteiger partial charge in [-0.05, 0) is 43.4 Å². The van der Waals surface area contributed by atoms with Gasteiger partial charge in [0.15, 0.2) is 0 Å². The number of hydrogen-bond donors (Lipinski definition) is 1. The van der Waals surface area contributed by atoms with E-state index in [1.165, 1.54) is 5.56 Å². The van der Waals surface area contributed by atoms with E-state index in [1.54, 1.807) is 0 Å². The summed E-state index contributed by atoms with van der Waals surface area (Å²) in [5, 5.41) is 3.90. The number of carbonyl (C=O) groups is 1. The lowest BCUT2D eigenvalue weighted by Crippen LogP contribution is -2.36. The third-order valence-electron chi connectivity index (χ3n) is 4.25. The Bertz CT molecular complexity index is 450. The number of amides is 1. The van der Waals surface area contributed by atoms with Crippen LogP contribution in [0.4, 0.5) is 0 Å². The molecule has 0 atom stereocenters. The molecule has 104 valence electrons. The van der Waals surface area contributed by atoms with Gasteiger partial charge in [-0.25, -0.2) is 0 Å². The van der Waals surface area contributed by atoms with Crippen LogP contribution in [0.1, 0.15) is 45.1 Å². The third kappa shape index (κ3) is 3.30. The SMILES string of the molecule is CCC(CC)C(=O)NCC1(c2cccc(Cl)c2)CC1. The van der Waals surface area contributed by atoms with E-state index >= 15 is 0 Å². The van der Waals surface area contributed by atoms with Crippen molar-refractivity contribution in [3.05, 3.63) is 34.9 Å². The summed E-state index contributed by atoms with van der Waals surface area (Å²) >= 11 is 6.05. The normalized spacial score (nSPS) is 16.4. The van der Waals surface area contributed by atoms with E-state index in [-0.39, 0.29) is 17.2 Å². The molecule has 0 aliphatic heterocycles. The Morgan fingerprint density at radius 3 is 2.58 bits per heavy atom. The second kappa shape index (κ2) is 5.96. The van der Waals surface area contributed by atoms with E-state index in [0.29, 0.717) is 0 Å². The van der Waals surface area contributed by atoms with Crippen LogP contribution in [-0.4, -0.2) is 12.5 Å². The van der Waals surface area contributed by atoms with E-state index in [2.05, 4.69) is 25.2 Å². The molecule has 0 spiro atoms. The first-order chi connectivity index (χ1) is 9.11. The maximum atomic E-state index is 12.0. The van der Waals surface area contributed by atoms with Crippen molar-refractivity contribution in [2.75, 3.05) is 6.54 Å². The molecule has 1 aromatic carbocycles. The zero-order chi connectivity index (χ0) is 13.9. The van der Waals surface area contributed by atoms with Crippen molar-refractivity contribution in [1.29, 1.82) is 0 Å². The van der Waals surface area contributed by atoms with Gasteiger partial charge in [-0.15, -0.1) is 0 Å². The van der Waals surface area contributed by atoms with E-state index in [9.17, 15) is 4.79 Å². The van der Waals surface area contributed by atoms with E-state index < -0.39 is 0 Å². The van der Waals surface area contributed by atoms with E-state index in [1.807, 2.05) is 18.2 Å². The maximum absolute atomic E-state index is 12.0. The van der Waals surface area contributed by atoms with Crippen LogP contribution >= 0.6 is 11.6 Å². The zero-order valence-corrected chi connectivity index (χ0v) is 12.5. The number of hydrogen-bond acceptors (Lipinski definition) is 1. The molecule has 1 aliphatic carbocycles. The van der Waals surface area contributed by atoms with Crippen LogP contribution in [0, 0.1) is 5.92 Å². The van der Waals surface area contributed by atoms with Crippen LogP contribution in [0.2, 0.25) is 5.02 Å². The molecule has 1 aliphatic rings. The van der Waals surface area contributed by atoms with Gasteiger partial charge in [0.1, 0.15) is 0 Å². The van der Waals surface area contributed by atoms with Crippen molar-refractivity contribution >= 4 is 17.5 Å². The summed E-state index contributed by atoms with van der Waals surface area (Å²) in [7, 11) is 0. The quantitative estimate of drug-likeness (QED) is 0.840. The summed E-state index contributed by atoms with van der Waals surface area (Å²) < 4.78 is 0. The highest BCUT2D eigenvalue weighted by atomic mass is 35.5. The van der Waals surface area contributed by atoms with Gasteiger partial charge < -0.3 is 5.32 Å². The second-order valence-electron chi connectivity index (χ2n) is 5.52. The predicted molar refractivity (Wildman–Crippen MR) is 79.4 cm³/mol. The molecule has 19 heavy (non-hydrogen) atoms. The molecule has 1 aromatic rings.